The normalized spacial score (nSPS) is 21.6. The van der Waals surface area contributed by atoms with Gasteiger partial charge in [-0.15, -0.1) is 0 Å². The van der Waals surface area contributed by atoms with Gasteiger partial charge in [0, 0.05) is 29.5 Å². The summed E-state index contributed by atoms with van der Waals surface area (Å²) in [6.07, 6.45) is 31.0. The minimum absolute atomic E-state index is 0.0566. The molecule has 6 nitrogen and oxygen atoms in total. The molecule has 7 heteroatoms. The molecule has 3 fully saturated rings. The van der Waals surface area contributed by atoms with Gasteiger partial charge in [0.1, 0.15) is 0 Å². The van der Waals surface area contributed by atoms with E-state index in [0.717, 1.165) is 100 Å². The zero-order chi connectivity index (χ0) is 60.8. The average Bonchev–Trinajstić information content (AvgIpc) is 4.15. The summed E-state index contributed by atoms with van der Waals surface area (Å²) in [5.41, 5.74) is -2.26. The number of rotatable bonds is 38. The standard InChI is InChI=1S/C73H137NO5S/c1-24-26-27-28-29-30-31-32-33-37-47-78-62(76)72(22,70(18,19)43-38-42-69(16,17)60(50-64(5,6)7)74-46-36-34-35-39-61(74)75)53-66(10,11)52-67(12,13)54-73(23,63(77)79-51-55(3)4)71(20,21)45-44-65(8,9)49-57(68(14,15)25-2)56-40-41-58-59(48-56)80-58/h55-60H,24-54H2,1-23H3. The van der Waals surface area contributed by atoms with Gasteiger partial charge in [-0.1, -0.05) is 222 Å². The molecule has 0 aromatic heterocycles. The van der Waals surface area contributed by atoms with Crippen molar-refractivity contribution >= 4 is 29.6 Å². The number of unbranched alkanes of at least 4 members (excludes halogenated alkanes) is 9. The number of carbonyl (C=O) groups is 3. The highest BCUT2D eigenvalue weighted by Gasteiger charge is 2.55. The molecule has 7 atom stereocenters. The zero-order valence-corrected chi connectivity index (χ0v) is 58.6. The summed E-state index contributed by atoms with van der Waals surface area (Å²) >= 11 is 2.24. The van der Waals surface area contributed by atoms with E-state index in [1.807, 2.05) is 0 Å². The molecular weight excluding hydrogens is 1000 g/mol. The summed E-state index contributed by atoms with van der Waals surface area (Å²) in [4.78, 5) is 46.1. The van der Waals surface area contributed by atoms with Crippen LogP contribution in [0.15, 0.2) is 0 Å². The van der Waals surface area contributed by atoms with Gasteiger partial charge in [0.15, 0.2) is 0 Å². The molecule has 80 heavy (non-hydrogen) atoms. The van der Waals surface area contributed by atoms with Gasteiger partial charge in [-0.25, -0.2) is 0 Å². The maximum absolute atomic E-state index is 15.2. The Bertz CT molecular complexity index is 1870. The quantitative estimate of drug-likeness (QED) is 0.0348. The zero-order valence-electron chi connectivity index (χ0n) is 57.8. The Balaban J connectivity index is 1.92. The van der Waals surface area contributed by atoms with Crippen molar-refractivity contribution < 1.29 is 23.9 Å². The van der Waals surface area contributed by atoms with Crippen molar-refractivity contribution in [1.29, 1.82) is 0 Å². The first kappa shape index (κ1) is 73.0. The molecule has 3 aliphatic rings. The molecule has 0 N–H and O–H groups in total. The average molecular weight is 1140 g/mol. The number of nitrogens with zero attached hydrogens (tertiary/aromatic N) is 1. The predicted molar refractivity (Wildman–Crippen MR) is 347 cm³/mol. The molecular formula is C73H137NO5S. The van der Waals surface area contributed by atoms with E-state index in [1.165, 1.54) is 83.5 Å². The highest BCUT2D eigenvalue weighted by atomic mass is 32.2. The lowest BCUT2D eigenvalue weighted by Crippen LogP contribution is -2.50. The van der Waals surface area contributed by atoms with E-state index in [-0.39, 0.29) is 61.8 Å². The van der Waals surface area contributed by atoms with Crippen LogP contribution in [-0.2, 0) is 23.9 Å². The Hall–Kier alpha value is -1.24. The number of hydrogen-bond acceptors (Lipinski definition) is 6. The Morgan fingerprint density at radius 1 is 0.562 bits per heavy atom. The molecule has 470 valence electrons. The first-order valence-corrected chi connectivity index (χ1v) is 34.9. The van der Waals surface area contributed by atoms with Crippen LogP contribution in [0.1, 0.15) is 339 Å². The summed E-state index contributed by atoms with van der Waals surface area (Å²) < 4.78 is 12.8. The minimum Gasteiger partial charge on any atom is -0.465 e. The van der Waals surface area contributed by atoms with Crippen molar-refractivity contribution in [2.45, 2.75) is 356 Å². The molecule has 0 aromatic rings. The Morgan fingerprint density at radius 2 is 1.10 bits per heavy atom. The smallest absolute Gasteiger partial charge is 0.312 e. The van der Waals surface area contributed by atoms with E-state index in [4.69, 9.17) is 9.47 Å². The number of carbonyl (C=O) groups excluding carboxylic acids is 3. The number of thioether (sulfide) groups is 1. The number of hydrogen-bond donors (Lipinski definition) is 0. The van der Waals surface area contributed by atoms with Crippen LogP contribution in [0.25, 0.3) is 0 Å². The second kappa shape index (κ2) is 30.4. The van der Waals surface area contributed by atoms with Crippen LogP contribution >= 0.6 is 11.8 Å². The molecule has 7 unspecified atom stereocenters. The lowest BCUT2D eigenvalue weighted by Gasteiger charge is -2.51. The van der Waals surface area contributed by atoms with Crippen molar-refractivity contribution in [3.8, 4) is 0 Å². The van der Waals surface area contributed by atoms with Crippen molar-refractivity contribution in [2.24, 2.45) is 71.9 Å². The van der Waals surface area contributed by atoms with Crippen LogP contribution < -0.4 is 0 Å². The predicted octanol–water partition coefficient (Wildman–Crippen LogP) is 21.9. The number of ether oxygens (including phenoxy) is 2. The van der Waals surface area contributed by atoms with Gasteiger partial charge in [-0.3, -0.25) is 14.4 Å². The largest absolute Gasteiger partial charge is 0.465 e. The topological polar surface area (TPSA) is 72.9 Å². The van der Waals surface area contributed by atoms with Crippen molar-refractivity contribution in [3.63, 3.8) is 0 Å². The van der Waals surface area contributed by atoms with Crippen LogP contribution in [0, 0.1) is 71.9 Å². The monoisotopic (exact) mass is 1140 g/mol. The third kappa shape index (κ3) is 22.6. The van der Waals surface area contributed by atoms with Gasteiger partial charge in [-0.2, -0.15) is 11.8 Å². The lowest BCUT2D eigenvalue weighted by molar-refractivity contribution is -0.169. The van der Waals surface area contributed by atoms with Gasteiger partial charge in [0.05, 0.1) is 24.0 Å². The number of likely N-dealkylation sites (tertiary alicyclic amines) is 1. The molecule has 1 aliphatic carbocycles. The van der Waals surface area contributed by atoms with E-state index >= 15 is 4.79 Å². The molecule has 0 radical (unpaired) electrons. The molecule has 2 heterocycles. The molecule has 0 aromatic carbocycles. The lowest BCUT2D eigenvalue weighted by atomic mass is 9.53. The SMILES string of the molecule is CCCCCCCCCCCCOC(=O)C(C)(CC(C)(C)CC(C)(C)CC(C)(C(=O)OCC(C)C)C(C)(C)CCC(C)(C)CC(C1CCC2SC2C1)C(C)(C)CC)C(C)(C)CCCC(C)(C)C(CC(C)(C)C)N1CCCCCC1=O. The third-order valence-corrected chi connectivity index (χ3v) is 23.3. The summed E-state index contributed by atoms with van der Waals surface area (Å²) in [6.45, 7) is 56.0. The molecule has 2 saturated heterocycles. The molecule has 0 bridgehead atoms. The first-order chi connectivity index (χ1) is 36.7. The second-order valence-electron chi connectivity index (χ2n) is 34.7. The maximum Gasteiger partial charge on any atom is 0.312 e. The van der Waals surface area contributed by atoms with E-state index in [2.05, 4.69) is 176 Å². The van der Waals surface area contributed by atoms with Crippen molar-refractivity contribution in [3.05, 3.63) is 0 Å². The number of fused-ring (bicyclic) bond motifs is 1. The highest BCUT2D eigenvalue weighted by molar-refractivity contribution is 8.07. The summed E-state index contributed by atoms with van der Waals surface area (Å²) in [7, 11) is 0. The van der Waals surface area contributed by atoms with E-state index in [1.54, 1.807) is 0 Å². The number of amides is 1. The van der Waals surface area contributed by atoms with E-state index in [9.17, 15) is 9.59 Å². The van der Waals surface area contributed by atoms with E-state index < -0.39 is 10.8 Å². The minimum atomic E-state index is -0.758. The Morgan fingerprint density at radius 3 is 1.62 bits per heavy atom. The summed E-state index contributed by atoms with van der Waals surface area (Å²) in [6, 6.07) is 0.168. The molecule has 0 spiro atoms. The maximum atomic E-state index is 15.2. The van der Waals surface area contributed by atoms with E-state index in [0.29, 0.717) is 49.7 Å². The summed E-state index contributed by atoms with van der Waals surface area (Å²) in [5, 5.41) is 1.83. The molecule has 1 amide bonds. The second-order valence-corrected chi connectivity index (χ2v) is 36.2. The molecule has 3 rings (SSSR count). The van der Waals surface area contributed by atoms with Gasteiger partial charge in [0.2, 0.25) is 5.91 Å². The fourth-order valence-corrected chi connectivity index (χ4v) is 17.0. The molecule has 1 saturated carbocycles. The summed E-state index contributed by atoms with van der Waals surface area (Å²) in [5.74, 6) is 1.97. The van der Waals surface area contributed by atoms with Crippen LogP contribution in [-0.4, -0.2) is 59.0 Å². The Kier molecular flexibility index (Phi) is 27.7. The van der Waals surface area contributed by atoms with Gasteiger partial charge < -0.3 is 14.4 Å². The number of esters is 2. The third-order valence-electron chi connectivity index (χ3n) is 21.8. The van der Waals surface area contributed by atoms with Gasteiger partial charge in [0.25, 0.3) is 0 Å². The van der Waals surface area contributed by atoms with Crippen LogP contribution in [0.2, 0.25) is 0 Å². The van der Waals surface area contributed by atoms with Crippen molar-refractivity contribution in [1.82, 2.24) is 4.90 Å². The fraction of sp³-hybridized carbons (Fsp3) is 0.959. The fourth-order valence-electron chi connectivity index (χ4n) is 15.7. The van der Waals surface area contributed by atoms with Gasteiger partial charge in [-0.05, 0) is 171 Å². The molecule has 2 aliphatic heterocycles. The van der Waals surface area contributed by atoms with Gasteiger partial charge >= 0.3 is 11.9 Å². The van der Waals surface area contributed by atoms with Crippen molar-refractivity contribution in [2.75, 3.05) is 19.8 Å². The Labute approximate surface area is 503 Å². The van der Waals surface area contributed by atoms with Crippen LogP contribution in [0.5, 0.6) is 0 Å². The van der Waals surface area contributed by atoms with Crippen LogP contribution in [0.4, 0.5) is 0 Å². The first-order valence-electron chi connectivity index (χ1n) is 34.0. The highest BCUT2D eigenvalue weighted by Crippen LogP contribution is 2.60. The van der Waals surface area contributed by atoms with Crippen LogP contribution in [0.3, 0.4) is 0 Å².